The van der Waals surface area contributed by atoms with Gasteiger partial charge in [0.05, 0.1) is 11.9 Å². The van der Waals surface area contributed by atoms with E-state index in [-0.39, 0.29) is 36.4 Å². The summed E-state index contributed by atoms with van der Waals surface area (Å²) in [6.45, 7) is 0.966. The summed E-state index contributed by atoms with van der Waals surface area (Å²) >= 11 is 0. The van der Waals surface area contributed by atoms with E-state index in [0.717, 1.165) is 18.4 Å². The highest BCUT2D eigenvalue weighted by Crippen LogP contribution is 2.28. The van der Waals surface area contributed by atoms with Crippen molar-refractivity contribution in [3.63, 3.8) is 0 Å². The lowest BCUT2D eigenvalue weighted by Crippen LogP contribution is -2.32. The van der Waals surface area contributed by atoms with Crippen LogP contribution in [0.3, 0.4) is 0 Å². The van der Waals surface area contributed by atoms with Crippen LogP contribution in [-0.4, -0.2) is 45.5 Å². The lowest BCUT2D eigenvalue weighted by atomic mass is 10.0. The van der Waals surface area contributed by atoms with E-state index in [1.807, 2.05) is 6.07 Å². The van der Waals surface area contributed by atoms with Crippen molar-refractivity contribution < 1.29 is 19.1 Å². The summed E-state index contributed by atoms with van der Waals surface area (Å²) < 4.78 is 6.62. The SMILES string of the molecule is O=C1CNc2cc(CNC(=O)c3cc(C(=O)NCC4CCCCCC4)n4nccc4n3)ccc2O1. The van der Waals surface area contributed by atoms with Crippen molar-refractivity contribution in [3.05, 3.63) is 53.5 Å². The number of nitrogens with one attached hydrogen (secondary N) is 3. The molecule has 1 fully saturated rings. The minimum atomic E-state index is -0.399. The zero-order chi connectivity index (χ0) is 24.2. The summed E-state index contributed by atoms with van der Waals surface area (Å²) in [6, 6.07) is 8.43. The maximum Gasteiger partial charge on any atom is 0.330 e. The molecular formula is C25H28N6O4. The smallest absolute Gasteiger partial charge is 0.330 e. The van der Waals surface area contributed by atoms with Gasteiger partial charge in [-0.2, -0.15) is 5.10 Å². The number of carbonyl (C=O) groups excluding carboxylic acids is 3. The summed E-state index contributed by atoms with van der Waals surface area (Å²) in [5.41, 5.74) is 2.37. The van der Waals surface area contributed by atoms with E-state index in [9.17, 15) is 14.4 Å². The second-order valence-electron chi connectivity index (χ2n) is 9.04. The van der Waals surface area contributed by atoms with Gasteiger partial charge in [0.1, 0.15) is 17.9 Å². The minimum absolute atomic E-state index is 0.101. The fraction of sp³-hybridized carbons (Fsp3) is 0.400. The van der Waals surface area contributed by atoms with Crippen molar-refractivity contribution in [1.82, 2.24) is 25.2 Å². The van der Waals surface area contributed by atoms with Gasteiger partial charge >= 0.3 is 5.97 Å². The molecule has 0 spiro atoms. The predicted molar refractivity (Wildman–Crippen MR) is 128 cm³/mol. The van der Waals surface area contributed by atoms with Crippen molar-refractivity contribution >= 4 is 29.1 Å². The van der Waals surface area contributed by atoms with Gasteiger partial charge in [-0.3, -0.25) is 9.59 Å². The van der Waals surface area contributed by atoms with Crippen LogP contribution in [0.4, 0.5) is 5.69 Å². The summed E-state index contributed by atoms with van der Waals surface area (Å²) in [6.07, 6.45) is 8.74. The van der Waals surface area contributed by atoms with Crippen LogP contribution in [0.1, 0.15) is 65.1 Å². The first kappa shape index (κ1) is 22.8. The average molecular weight is 477 g/mol. The molecule has 3 N–H and O–H groups in total. The Morgan fingerprint density at radius 3 is 2.71 bits per heavy atom. The Bertz CT molecular complexity index is 1260. The van der Waals surface area contributed by atoms with Gasteiger partial charge in [-0.25, -0.2) is 14.3 Å². The Morgan fingerprint density at radius 1 is 1.06 bits per heavy atom. The molecule has 182 valence electrons. The number of ether oxygens (including phenoxy) is 1. The molecule has 1 aromatic carbocycles. The second kappa shape index (κ2) is 10.1. The third kappa shape index (κ3) is 5.26. The van der Waals surface area contributed by atoms with Crippen LogP contribution in [0.25, 0.3) is 5.65 Å². The molecule has 2 aliphatic rings. The molecule has 5 rings (SSSR count). The second-order valence-corrected chi connectivity index (χ2v) is 9.04. The Labute approximate surface area is 202 Å². The van der Waals surface area contributed by atoms with E-state index in [1.54, 1.807) is 24.4 Å². The van der Waals surface area contributed by atoms with Crippen molar-refractivity contribution in [2.75, 3.05) is 18.4 Å². The van der Waals surface area contributed by atoms with Crippen molar-refractivity contribution in [1.29, 1.82) is 0 Å². The molecule has 0 atom stereocenters. The molecule has 35 heavy (non-hydrogen) atoms. The van der Waals surface area contributed by atoms with E-state index < -0.39 is 5.91 Å². The molecule has 0 bridgehead atoms. The fourth-order valence-corrected chi connectivity index (χ4v) is 4.60. The first-order valence-corrected chi connectivity index (χ1v) is 12.1. The summed E-state index contributed by atoms with van der Waals surface area (Å²) in [5, 5.41) is 13.1. The van der Waals surface area contributed by atoms with Gasteiger partial charge in [0.25, 0.3) is 11.8 Å². The molecule has 3 aromatic rings. The van der Waals surface area contributed by atoms with E-state index in [4.69, 9.17) is 4.74 Å². The van der Waals surface area contributed by atoms with E-state index in [0.29, 0.717) is 29.5 Å². The van der Waals surface area contributed by atoms with E-state index in [1.165, 1.54) is 36.3 Å². The molecule has 0 radical (unpaired) electrons. The number of hydrogen-bond acceptors (Lipinski definition) is 7. The normalized spacial score (nSPS) is 16.1. The van der Waals surface area contributed by atoms with Crippen LogP contribution >= 0.6 is 0 Å². The van der Waals surface area contributed by atoms with Gasteiger partial charge in [0.15, 0.2) is 11.4 Å². The molecule has 0 saturated heterocycles. The molecule has 2 amide bonds. The zero-order valence-corrected chi connectivity index (χ0v) is 19.4. The van der Waals surface area contributed by atoms with Crippen LogP contribution < -0.4 is 20.7 Å². The third-order valence-corrected chi connectivity index (χ3v) is 6.49. The minimum Gasteiger partial charge on any atom is -0.423 e. The van der Waals surface area contributed by atoms with Gasteiger partial charge < -0.3 is 20.7 Å². The molecule has 2 aromatic heterocycles. The van der Waals surface area contributed by atoms with Gasteiger partial charge in [-0.05, 0) is 36.5 Å². The first-order chi connectivity index (χ1) is 17.1. The van der Waals surface area contributed by atoms with E-state index >= 15 is 0 Å². The highest BCUT2D eigenvalue weighted by molar-refractivity contribution is 5.98. The molecule has 1 aliphatic heterocycles. The Hall–Kier alpha value is -3.95. The van der Waals surface area contributed by atoms with Crippen molar-refractivity contribution in [3.8, 4) is 5.75 Å². The van der Waals surface area contributed by atoms with Gasteiger partial charge in [-0.15, -0.1) is 0 Å². The van der Waals surface area contributed by atoms with Gasteiger partial charge in [0.2, 0.25) is 0 Å². The number of anilines is 1. The van der Waals surface area contributed by atoms with Crippen molar-refractivity contribution in [2.24, 2.45) is 5.92 Å². The molecule has 1 saturated carbocycles. The summed E-state index contributed by atoms with van der Waals surface area (Å²) in [4.78, 5) is 41.7. The number of rotatable bonds is 6. The lowest BCUT2D eigenvalue weighted by molar-refractivity contribution is -0.132. The number of hydrogen-bond donors (Lipinski definition) is 3. The standard InChI is InChI=1S/C25H28N6O4/c32-23-15-26-18-11-17(7-8-21(18)35-23)14-27-24(33)19-12-20(31-22(30-19)9-10-29-31)25(34)28-13-16-5-3-1-2-4-6-16/h7-12,16,26H,1-6,13-15H2,(H,27,33)(H,28,34). The Balaban J connectivity index is 1.27. The fourth-order valence-electron chi connectivity index (χ4n) is 4.60. The molecular weight excluding hydrogens is 448 g/mol. The number of fused-ring (bicyclic) bond motifs is 2. The molecule has 3 heterocycles. The summed E-state index contributed by atoms with van der Waals surface area (Å²) in [7, 11) is 0. The molecule has 0 unspecified atom stereocenters. The zero-order valence-electron chi connectivity index (χ0n) is 19.4. The largest absolute Gasteiger partial charge is 0.423 e. The van der Waals surface area contributed by atoms with Crippen LogP contribution in [0.2, 0.25) is 0 Å². The number of nitrogens with zero attached hydrogens (tertiary/aromatic N) is 3. The Morgan fingerprint density at radius 2 is 1.89 bits per heavy atom. The maximum absolute atomic E-state index is 13.0. The van der Waals surface area contributed by atoms with Gasteiger partial charge in [-0.1, -0.05) is 31.7 Å². The van der Waals surface area contributed by atoms with Gasteiger partial charge in [0, 0.05) is 25.2 Å². The van der Waals surface area contributed by atoms with Crippen LogP contribution in [0.15, 0.2) is 36.5 Å². The monoisotopic (exact) mass is 476 g/mol. The van der Waals surface area contributed by atoms with Crippen LogP contribution in [-0.2, 0) is 11.3 Å². The van der Waals surface area contributed by atoms with Crippen molar-refractivity contribution in [2.45, 2.75) is 45.1 Å². The number of esters is 1. The topological polar surface area (TPSA) is 127 Å². The molecule has 10 nitrogen and oxygen atoms in total. The molecule has 1 aliphatic carbocycles. The van der Waals surface area contributed by atoms with E-state index in [2.05, 4.69) is 26.0 Å². The number of carbonyl (C=O) groups is 3. The Kier molecular flexibility index (Phi) is 6.60. The number of amides is 2. The quantitative estimate of drug-likeness (QED) is 0.284. The van der Waals surface area contributed by atoms with Crippen LogP contribution in [0.5, 0.6) is 5.75 Å². The molecule has 10 heteroatoms. The first-order valence-electron chi connectivity index (χ1n) is 12.1. The average Bonchev–Trinajstić information content (AvgIpc) is 3.19. The highest BCUT2D eigenvalue weighted by Gasteiger charge is 2.20. The third-order valence-electron chi connectivity index (χ3n) is 6.49. The number of aromatic nitrogens is 3. The highest BCUT2D eigenvalue weighted by atomic mass is 16.5. The predicted octanol–water partition coefficient (Wildman–Crippen LogP) is 2.69. The maximum atomic E-state index is 13.0. The lowest BCUT2D eigenvalue weighted by Gasteiger charge is -2.18. The summed E-state index contributed by atoms with van der Waals surface area (Å²) in [5.74, 6) is -0.0650. The number of benzene rings is 1. The van der Waals surface area contributed by atoms with Crippen LogP contribution in [0, 0.1) is 5.92 Å².